The lowest BCUT2D eigenvalue weighted by Gasteiger charge is -2.25. The van der Waals surface area contributed by atoms with Crippen molar-refractivity contribution in [1.82, 2.24) is 0 Å². The van der Waals surface area contributed by atoms with Crippen molar-refractivity contribution in [3.8, 4) is 0 Å². The van der Waals surface area contributed by atoms with Crippen molar-refractivity contribution in [3.63, 3.8) is 0 Å². The molecule has 19 heavy (non-hydrogen) atoms. The highest BCUT2D eigenvalue weighted by molar-refractivity contribution is 5.79. The van der Waals surface area contributed by atoms with Crippen LogP contribution in [0.15, 0.2) is 24.3 Å². The molecule has 0 spiro atoms. The Kier molecular flexibility index (Phi) is 3.43. The van der Waals surface area contributed by atoms with Crippen LogP contribution in [0, 0.1) is 5.92 Å². The molecule has 1 N–H and O–H groups in total. The molecule has 3 nitrogen and oxygen atoms in total. The Morgan fingerprint density at radius 1 is 1.32 bits per heavy atom. The van der Waals surface area contributed by atoms with Crippen LogP contribution in [0.2, 0.25) is 0 Å². The van der Waals surface area contributed by atoms with Gasteiger partial charge in [-0.25, -0.2) is 4.79 Å². The van der Waals surface area contributed by atoms with E-state index in [-0.39, 0.29) is 5.92 Å². The maximum Gasteiger partial charge on any atom is 0.416 e. The average molecular weight is 273 g/mol. The van der Waals surface area contributed by atoms with Gasteiger partial charge in [0.1, 0.15) is 6.04 Å². The summed E-state index contributed by atoms with van der Waals surface area (Å²) in [5, 5.41) is 9.18. The standard InChI is InChI=1S/C13H14F3NO2/c1-8-6-7-17(11(8)12(18)19)10-4-2-9(3-5-10)13(14,15)16/h2-5,8,11H,6-7H2,1H3,(H,18,19). The molecule has 1 saturated heterocycles. The number of hydrogen-bond donors (Lipinski definition) is 1. The monoisotopic (exact) mass is 273 g/mol. The number of carbonyl (C=O) groups is 1. The second kappa shape index (κ2) is 4.75. The van der Waals surface area contributed by atoms with Crippen LogP contribution in [0.4, 0.5) is 18.9 Å². The number of aliphatic carboxylic acids is 1. The first-order valence-corrected chi connectivity index (χ1v) is 5.97. The Labute approximate surface area is 108 Å². The third-order valence-corrected chi connectivity index (χ3v) is 3.48. The third kappa shape index (κ3) is 2.67. The van der Waals surface area contributed by atoms with Gasteiger partial charge >= 0.3 is 12.1 Å². The van der Waals surface area contributed by atoms with Gasteiger partial charge in [0.25, 0.3) is 0 Å². The van der Waals surface area contributed by atoms with E-state index in [0.29, 0.717) is 12.2 Å². The number of rotatable bonds is 2. The van der Waals surface area contributed by atoms with Gasteiger partial charge in [0.2, 0.25) is 0 Å². The maximum absolute atomic E-state index is 12.5. The summed E-state index contributed by atoms with van der Waals surface area (Å²) in [6.45, 7) is 2.38. The van der Waals surface area contributed by atoms with Crippen LogP contribution in [0.3, 0.4) is 0 Å². The molecule has 6 heteroatoms. The van der Waals surface area contributed by atoms with Crippen molar-refractivity contribution in [1.29, 1.82) is 0 Å². The average Bonchev–Trinajstić information content (AvgIpc) is 2.70. The van der Waals surface area contributed by atoms with E-state index in [0.717, 1.165) is 18.6 Å². The summed E-state index contributed by atoms with van der Waals surface area (Å²) < 4.78 is 37.4. The second-order valence-corrected chi connectivity index (χ2v) is 4.79. The van der Waals surface area contributed by atoms with Gasteiger partial charge in [0.05, 0.1) is 5.56 Å². The highest BCUT2D eigenvalue weighted by Gasteiger charge is 2.37. The van der Waals surface area contributed by atoms with E-state index in [4.69, 9.17) is 0 Å². The van der Waals surface area contributed by atoms with Crippen LogP contribution in [-0.2, 0) is 11.0 Å². The Morgan fingerprint density at radius 2 is 1.89 bits per heavy atom. The topological polar surface area (TPSA) is 40.5 Å². The molecule has 1 aliphatic rings. The van der Waals surface area contributed by atoms with Crippen LogP contribution in [0.5, 0.6) is 0 Å². The van der Waals surface area contributed by atoms with Crippen molar-refractivity contribution in [2.75, 3.05) is 11.4 Å². The first-order chi connectivity index (χ1) is 8.80. The van der Waals surface area contributed by atoms with Crippen LogP contribution >= 0.6 is 0 Å². The smallest absolute Gasteiger partial charge is 0.416 e. The molecule has 0 saturated carbocycles. The normalized spacial score (nSPS) is 23.7. The molecule has 0 aromatic heterocycles. The van der Waals surface area contributed by atoms with Crippen molar-refractivity contribution >= 4 is 11.7 Å². The number of hydrogen-bond acceptors (Lipinski definition) is 2. The predicted molar refractivity (Wildman–Crippen MR) is 64.0 cm³/mol. The molecule has 0 radical (unpaired) electrons. The maximum atomic E-state index is 12.5. The van der Waals surface area contributed by atoms with Crippen LogP contribution < -0.4 is 4.90 Å². The highest BCUT2D eigenvalue weighted by atomic mass is 19.4. The first kappa shape index (κ1) is 13.7. The van der Waals surface area contributed by atoms with Crippen molar-refractivity contribution in [2.24, 2.45) is 5.92 Å². The fourth-order valence-electron chi connectivity index (χ4n) is 2.46. The molecule has 1 aromatic rings. The minimum Gasteiger partial charge on any atom is -0.480 e. The molecular formula is C13H14F3NO2. The molecule has 0 bridgehead atoms. The summed E-state index contributed by atoms with van der Waals surface area (Å²) in [5.41, 5.74) is -0.208. The van der Waals surface area contributed by atoms with Gasteiger partial charge in [-0.2, -0.15) is 13.2 Å². The number of carboxylic acids is 1. The molecule has 1 heterocycles. The Bertz CT molecular complexity index is 470. The lowest BCUT2D eigenvalue weighted by molar-refractivity contribution is -0.139. The summed E-state index contributed by atoms with van der Waals surface area (Å²) in [6, 6.07) is 3.96. The largest absolute Gasteiger partial charge is 0.480 e. The van der Waals surface area contributed by atoms with Gasteiger partial charge < -0.3 is 10.0 Å². The SMILES string of the molecule is CC1CCN(c2ccc(C(F)(F)F)cc2)C1C(=O)O. The number of halogens is 3. The zero-order valence-corrected chi connectivity index (χ0v) is 10.3. The number of nitrogens with zero attached hydrogens (tertiary/aromatic N) is 1. The van der Waals surface area contributed by atoms with E-state index >= 15 is 0 Å². The van der Waals surface area contributed by atoms with Crippen LogP contribution in [0.1, 0.15) is 18.9 Å². The molecule has 104 valence electrons. The molecule has 2 rings (SSSR count). The summed E-state index contributed by atoms with van der Waals surface area (Å²) in [4.78, 5) is 12.8. The predicted octanol–water partition coefficient (Wildman–Crippen LogP) is 3.00. The zero-order chi connectivity index (χ0) is 14.2. The number of alkyl halides is 3. The van der Waals surface area contributed by atoms with E-state index < -0.39 is 23.8 Å². The summed E-state index contributed by atoms with van der Waals surface area (Å²) in [7, 11) is 0. The lowest BCUT2D eigenvalue weighted by Crippen LogP contribution is -2.39. The van der Waals surface area contributed by atoms with Crippen LogP contribution in [0.25, 0.3) is 0 Å². The molecule has 1 aliphatic heterocycles. The second-order valence-electron chi connectivity index (χ2n) is 4.79. The van der Waals surface area contributed by atoms with E-state index in [9.17, 15) is 23.1 Å². The highest BCUT2D eigenvalue weighted by Crippen LogP contribution is 2.33. The van der Waals surface area contributed by atoms with Gasteiger partial charge in [0.15, 0.2) is 0 Å². The Hall–Kier alpha value is -1.72. The summed E-state index contributed by atoms with van der Waals surface area (Å²) in [6.07, 6.45) is -3.65. The van der Waals surface area contributed by atoms with Crippen molar-refractivity contribution < 1.29 is 23.1 Å². The van der Waals surface area contributed by atoms with Gasteiger partial charge in [-0.15, -0.1) is 0 Å². The molecule has 1 aromatic carbocycles. The molecular weight excluding hydrogens is 259 g/mol. The van der Waals surface area contributed by atoms with Crippen molar-refractivity contribution in [3.05, 3.63) is 29.8 Å². The fraction of sp³-hybridized carbons (Fsp3) is 0.462. The first-order valence-electron chi connectivity index (χ1n) is 5.97. The quantitative estimate of drug-likeness (QED) is 0.900. The Balaban J connectivity index is 2.25. The van der Waals surface area contributed by atoms with Gasteiger partial charge in [0, 0.05) is 12.2 Å². The van der Waals surface area contributed by atoms with Gasteiger partial charge in [-0.05, 0) is 36.6 Å². The number of benzene rings is 1. The molecule has 1 fully saturated rings. The number of carboxylic acid groups (broad SMARTS) is 1. The molecule has 0 aliphatic carbocycles. The van der Waals surface area contributed by atoms with Gasteiger partial charge in [-0.3, -0.25) is 0 Å². The summed E-state index contributed by atoms with van der Waals surface area (Å²) >= 11 is 0. The molecule has 2 unspecified atom stereocenters. The van der Waals surface area contributed by atoms with E-state index in [1.807, 2.05) is 6.92 Å². The lowest BCUT2D eigenvalue weighted by atomic mass is 10.0. The summed E-state index contributed by atoms with van der Waals surface area (Å²) in [5.74, 6) is -0.954. The molecule has 2 atom stereocenters. The Morgan fingerprint density at radius 3 is 2.37 bits per heavy atom. The molecule has 0 amide bonds. The van der Waals surface area contributed by atoms with Crippen molar-refractivity contribution in [2.45, 2.75) is 25.6 Å². The fourth-order valence-corrected chi connectivity index (χ4v) is 2.46. The minimum atomic E-state index is -4.37. The van der Waals surface area contributed by atoms with E-state index in [1.54, 1.807) is 4.90 Å². The third-order valence-electron chi connectivity index (χ3n) is 3.48. The number of anilines is 1. The van der Waals surface area contributed by atoms with E-state index in [1.165, 1.54) is 12.1 Å². The minimum absolute atomic E-state index is 0.0141. The zero-order valence-electron chi connectivity index (χ0n) is 10.3. The van der Waals surface area contributed by atoms with Gasteiger partial charge in [-0.1, -0.05) is 6.92 Å². The van der Waals surface area contributed by atoms with E-state index in [2.05, 4.69) is 0 Å². The van der Waals surface area contributed by atoms with Crippen LogP contribution in [-0.4, -0.2) is 23.7 Å².